The van der Waals surface area contributed by atoms with Gasteiger partial charge in [-0.3, -0.25) is 4.99 Å². The predicted molar refractivity (Wildman–Crippen MR) is 97.3 cm³/mol. The Morgan fingerprint density at radius 2 is 2.13 bits per heavy atom. The average Bonchev–Trinajstić information content (AvgIpc) is 3.16. The summed E-state index contributed by atoms with van der Waals surface area (Å²) in [5.41, 5.74) is 1.30. The lowest BCUT2D eigenvalue weighted by Gasteiger charge is -2.22. The highest BCUT2D eigenvalue weighted by Crippen LogP contribution is 2.34. The number of ether oxygens (including phenoxy) is 1. The molecule has 23 heavy (non-hydrogen) atoms. The van der Waals surface area contributed by atoms with E-state index in [9.17, 15) is 0 Å². The lowest BCUT2D eigenvalue weighted by molar-refractivity contribution is 0.0992. The van der Waals surface area contributed by atoms with Crippen molar-refractivity contribution in [3.8, 4) is 0 Å². The summed E-state index contributed by atoms with van der Waals surface area (Å²) in [5, 5.41) is 6.91. The Kier molecular flexibility index (Phi) is 5.84. The van der Waals surface area contributed by atoms with Gasteiger partial charge < -0.3 is 15.4 Å². The summed E-state index contributed by atoms with van der Waals surface area (Å²) in [6, 6.07) is 9.11. The maximum absolute atomic E-state index is 5.91. The molecule has 2 aliphatic rings. The molecule has 5 heteroatoms. The zero-order valence-corrected chi connectivity index (χ0v) is 14.9. The molecular formula is C18H27N3OS. The minimum atomic E-state index is 0.380. The second-order valence-corrected chi connectivity index (χ2v) is 7.45. The Morgan fingerprint density at radius 1 is 1.30 bits per heavy atom. The zero-order chi connectivity index (χ0) is 16.1. The number of thioether (sulfide) groups is 1. The van der Waals surface area contributed by atoms with Crippen molar-refractivity contribution in [3.05, 3.63) is 29.8 Å². The van der Waals surface area contributed by atoms with Crippen LogP contribution in [0.4, 0.5) is 0 Å². The Bertz CT molecular complexity index is 532. The molecule has 2 saturated heterocycles. The third-order valence-corrected chi connectivity index (χ3v) is 5.42. The maximum atomic E-state index is 5.91. The summed E-state index contributed by atoms with van der Waals surface area (Å²) in [6.07, 6.45) is 4.38. The summed E-state index contributed by atoms with van der Waals surface area (Å²) in [4.78, 5) is 6.02. The van der Waals surface area contributed by atoms with E-state index < -0.39 is 0 Å². The molecule has 126 valence electrons. The molecule has 2 N–H and O–H groups in total. The number of aliphatic imine (C=N–C) groups is 1. The predicted octanol–water partition coefficient (Wildman–Crippen LogP) is 2.96. The van der Waals surface area contributed by atoms with Gasteiger partial charge in [0.2, 0.25) is 0 Å². The molecule has 2 aliphatic heterocycles. The Morgan fingerprint density at radius 3 is 2.78 bits per heavy atom. The Labute approximate surface area is 143 Å². The van der Waals surface area contributed by atoms with Crippen LogP contribution in [0.25, 0.3) is 0 Å². The fourth-order valence-electron chi connectivity index (χ4n) is 3.24. The van der Waals surface area contributed by atoms with Gasteiger partial charge in [0, 0.05) is 17.2 Å². The molecule has 2 heterocycles. The summed E-state index contributed by atoms with van der Waals surface area (Å²) in [6.45, 7) is 5.93. The van der Waals surface area contributed by atoms with E-state index in [4.69, 9.17) is 9.73 Å². The second-order valence-electron chi connectivity index (χ2n) is 6.28. The van der Waals surface area contributed by atoms with Crippen LogP contribution in [0.2, 0.25) is 0 Å². The molecule has 0 saturated carbocycles. The molecule has 0 amide bonds. The summed E-state index contributed by atoms with van der Waals surface area (Å²) in [7, 11) is 0. The maximum Gasteiger partial charge on any atom is 0.191 e. The molecule has 1 aromatic carbocycles. The first-order valence-electron chi connectivity index (χ1n) is 8.64. The van der Waals surface area contributed by atoms with Crippen LogP contribution in [-0.2, 0) is 4.74 Å². The molecule has 3 unspecified atom stereocenters. The van der Waals surface area contributed by atoms with Gasteiger partial charge in [-0.25, -0.2) is 0 Å². The summed E-state index contributed by atoms with van der Waals surface area (Å²) < 4.78 is 5.91. The lowest BCUT2D eigenvalue weighted by Crippen LogP contribution is -2.47. The topological polar surface area (TPSA) is 45.7 Å². The molecule has 1 aromatic rings. The molecule has 0 aromatic heterocycles. The van der Waals surface area contributed by atoms with Gasteiger partial charge in [0.05, 0.1) is 24.8 Å². The van der Waals surface area contributed by atoms with Crippen LogP contribution in [0.5, 0.6) is 0 Å². The van der Waals surface area contributed by atoms with Crippen molar-refractivity contribution in [2.24, 2.45) is 4.99 Å². The lowest BCUT2D eigenvalue weighted by atomic mass is 9.96. The Balaban J connectivity index is 1.45. The fourth-order valence-corrected chi connectivity index (χ4v) is 3.99. The molecule has 2 fully saturated rings. The van der Waals surface area contributed by atoms with Crippen molar-refractivity contribution in [3.63, 3.8) is 0 Å². The normalized spacial score (nSPS) is 26.5. The molecule has 0 aliphatic carbocycles. The van der Waals surface area contributed by atoms with Crippen molar-refractivity contribution in [2.45, 2.75) is 56.3 Å². The van der Waals surface area contributed by atoms with E-state index in [1.54, 1.807) is 0 Å². The highest BCUT2D eigenvalue weighted by atomic mass is 32.2. The summed E-state index contributed by atoms with van der Waals surface area (Å²) in [5.74, 6) is 1.92. The van der Waals surface area contributed by atoms with Crippen LogP contribution in [0.15, 0.2) is 34.2 Å². The minimum absolute atomic E-state index is 0.380. The third-order valence-electron chi connectivity index (χ3n) is 4.42. The standard InChI is InChI=1S/C18H27N3OS/c1-3-19-18(21-16-12-14-6-9-17(16)22-14)20-10-11-23-15-7-4-13(2)5-8-15/h4-5,7-8,14,16-17H,3,6,9-12H2,1-2H3,(H2,19,20,21). The number of fused-ring (bicyclic) bond motifs is 2. The van der Waals surface area contributed by atoms with E-state index in [0.717, 1.165) is 31.2 Å². The molecule has 3 atom stereocenters. The number of rotatable bonds is 6. The van der Waals surface area contributed by atoms with Gasteiger partial charge in [-0.15, -0.1) is 11.8 Å². The number of hydrogen-bond acceptors (Lipinski definition) is 3. The van der Waals surface area contributed by atoms with Gasteiger partial charge in [-0.05, 0) is 45.2 Å². The third kappa shape index (κ3) is 4.64. The Hall–Kier alpha value is -1.20. The number of benzene rings is 1. The van der Waals surface area contributed by atoms with Gasteiger partial charge in [0.1, 0.15) is 0 Å². The molecule has 4 nitrogen and oxygen atoms in total. The highest BCUT2D eigenvalue weighted by Gasteiger charge is 2.41. The fraction of sp³-hybridized carbons (Fsp3) is 0.611. The van der Waals surface area contributed by atoms with Crippen LogP contribution >= 0.6 is 11.8 Å². The second kappa shape index (κ2) is 8.06. The number of nitrogens with zero attached hydrogens (tertiary/aromatic N) is 1. The van der Waals surface area contributed by atoms with Gasteiger partial charge in [0.15, 0.2) is 5.96 Å². The molecular weight excluding hydrogens is 306 g/mol. The molecule has 3 rings (SSSR count). The molecule has 2 bridgehead atoms. The molecule has 0 radical (unpaired) electrons. The first-order chi connectivity index (χ1) is 11.2. The van der Waals surface area contributed by atoms with E-state index in [1.165, 1.54) is 23.3 Å². The van der Waals surface area contributed by atoms with Crippen LogP contribution in [0, 0.1) is 6.92 Å². The van der Waals surface area contributed by atoms with E-state index >= 15 is 0 Å². The van der Waals surface area contributed by atoms with Crippen LogP contribution in [-0.4, -0.2) is 43.1 Å². The van der Waals surface area contributed by atoms with Crippen LogP contribution < -0.4 is 10.6 Å². The van der Waals surface area contributed by atoms with Gasteiger partial charge in [0.25, 0.3) is 0 Å². The SMILES string of the molecule is CCNC(=NCCSc1ccc(C)cc1)NC1CC2CCC1O2. The van der Waals surface area contributed by atoms with Gasteiger partial charge in [-0.1, -0.05) is 17.7 Å². The van der Waals surface area contributed by atoms with Crippen molar-refractivity contribution in [2.75, 3.05) is 18.8 Å². The summed E-state index contributed by atoms with van der Waals surface area (Å²) >= 11 is 1.86. The van der Waals surface area contributed by atoms with Crippen LogP contribution in [0.3, 0.4) is 0 Å². The van der Waals surface area contributed by atoms with Crippen molar-refractivity contribution in [1.82, 2.24) is 10.6 Å². The van der Waals surface area contributed by atoms with Crippen molar-refractivity contribution in [1.29, 1.82) is 0 Å². The monoisotopic (exact) mass is 333 g/mol. The van der Waals surface area contributed by atoms with E-state index in [1.807, 2.05) is 11.8 Å². The van der Waals surface area contributed by atoms with Crippen molar-refractivity contribution >= 4 is 17.7 Å². The average molecular weight is 334 g/mol. The highest BCUT2D eigenvalue weighted by molar-refractivity contribution is 7.99. The van der Waals surface area contributed by atoms with E-state index in [-0.39, 0.29) is 0 Å². The zero-order valence-electron chi connectivity index (χ0n) is 14.0. The first kappa shape index (κ1) is 16.7. The van der Waals surface area contributed by atoms with Gasteiger partial charge in [-0.2, -0.15) is 0 Å². The number of aryl methyl sites for hydroxylation is 1. The van der Waals surface area contributed by atoms with E-state index in [0.29, 0.717) is 18.2 Å². The first-order valence-corrected chi connectivity index (χ1v) is 9.63. The smallest absolute Gasteiger partial charge is 0.191 e. The van der Waals surface area contributed by atoms with Crippen LogP contribution in [0.1, 0.15) is 31.7 Å². The number of hydrogen-bond donors (Lipinski definition) is 2. The minimum Gasteiger partial charge on any atom is -0.373 e. The largest absolute Gasteiger partial charge is 0.373 e. The molecule has 0 spiro atoms. The number of guanidine groups is 1. The quantitative estimate of drug-likeness (QED) is 0.364. The van der Waals surface area contributed by atoms with E-state index in [2.05, 4.69) is 48.7 Å². The van der Waals surface area contributed by atoms with Gasteiger partial charge >= 0.3 is 0 Å². The number of nitrogens with one attached hydrogen (secondary N) is 2. The van der Waals surface area contributed by atoms with Crippen molar-refractivity contribution < 1.29 is 4.74 Å².